The Morgan fingerprint density at radius 3 is 2.38 bits per heavy atom. The first-order valence-corrected chi connectivity index (χ1v) is 9.00. The molecule has 0 bridgehead atoms. The van der Waals surface area contributed by atoms with E-state index in [0.717, 1.165) is 25.7 Å². The Labute approximate surface area is 127 Å². The van der Waals surface area contributed by atoms with Crippen LogP contribution in [0, 0.1) is 12.8 Å². The molecule has 1 heterocycles. The van der Waals surface area contributed by atoms with Crippen molar-refractivity contribution in [3.63, 3.8) is 0 Å². The maximum Gasteiger partial charge on any atom is 0.248 e. The number of hydrogen-bond acceptors (Lipinski definition) is 4. The van der Waals surface area contributed by atoms with Crippen molar-refractivity contribution < 1.29 is 8.42 Å². The van der Waals surface area contributed by atoms with Crippen LogP contribution in [-0.2, 0) is 17.1 Å². The van der Waals surface area contributed by atoms with Crippen molar-refractivity contribution in [2.24, 2.45) is 13.0 Å². The molecular formula is C14H26N4O2S. The average molecular weight is 314 g/mol. The molecule has 1 aliphatic carbocycles. The number of hydrogen-bond donors (Lipinski definition) is 1. The van der Waals surface area contributed by atoms with E-state index in [1.807, 2.05) is 13.8 Å². The van der Waals surface area contributed by atoms with Gasteiger partial charge in [-0.05, 0) is 25.7 Å². The Bertz CT molecular complexity index is 601. The van der Waals surface area contributed by atoms with E-state index in [9.17, 15) is 8.42 Å². The van der Waals surface area contributed by atoms with E-state index in [-0.39, 0.29) is 22.7 Å². The molecule has 2 rings (SSSR count). The lowest BCUT2D eigenvalue weighted by Crippen LogP contribution is -2.41. The summed E-state index contributed by atoms with van der Waals surface area (Å²) in [5, 5.41) is 4.05. The molecule has 1 aliphatic rings. The highest BCUT2D eigenvalue weighted by atomic mass is 32.2. The molecule has 2 N–H and O–H groups in total. The lowest BCUT2D eigenvalue weighted by Gasteiger charge is -2.29. The van der Waals surface area contributed by atoms with Gasteiger partial charge in [0.2, 0.25) is 10.0 Å². The number of nitrogens with two attached hydrogens (primary N) is 1. The van der Waals surface area contributed by atoms with E-state index in [0.29, 0.717) is 12.2 Å². The summed E-state index contributed by atoms with van der Waals surface area (Å²) in [5.41, 5.74) is 6.45. The highest BCUT2D eigenvalue weighted by molar-refractivity contribution is 7.89. The molecule has 0 amide bonds. The van der Waals surface area contributed by atoms with Gasteiger partial charge in [0.1, 0.15) is 4.90 Å². The molecule has 1 saturated carbocycles. The second-order valence-electron chi connectivity index (χ2n) is 6.33. The molecule has 0 radical (unpaired) electrons. The van der Waals surface area contributed by atoms with E-state index >= 15 is 0 Å². The van der Waals surface area contributed by atoms with Gasteiger partial charge in [-0.1, -0.05) is 26.7 Å². The van der Waals surface area contributed by atoms with Crippen LogP contribution in [0.2, 0.25) is 0 Å². The first kappa shape index (κ1) is 16.3. The van der Waals surface area contributed by atoms with Gasteiger partial charge in [-0.2, -0.15) is 9.40 Å². The molecule has 0 atom stereocenters. The van der Waals surface area contributed by atoms with Crippen molar-refractivity contribution in [3.8, 4) is 0 Å². The SMILES string of the molecule is Cc1c(S(=O)(=O)N(CC(C)C)C2CCCC2)c(N)nn1C. The third-order valence-corrected chi connectivity index (χ3v) is 6.23. The molecule has 21 heavy (non-hydrogen) atoms. The first-order valence-electron chi connectivity index (χ1n) is 7.56. The Hall–Kier alpha value is -1.08. The predicted octanol–water partition coefficient (Wildman–Crippen LogP) is 1.90. The Morgan fingerprint density at radius 2 is 1.95 bits per heavy atom. The summed E-state index contributed by atoms with van der Waals surface area (Å²) in [4.78, 5) is 0.178. The number of aryl methyl sites for hydroxylation is 1. The first-order chi connectivity index (χ1) is 9.75. The fraction of sp³-hybridized carbons (Fsp3) is 0.786. The number of aromatic nitrogens is 2. The third-order valence-electron chi connectivity index (χ3n) is 4.15. The second-order valence-corrected chi connectivity index (χ2v) is 8.16. The molecule has 0 spiro atoms. The molecule has 0 saturated heterocycles. The quantitative estimate of drug-likeness (QED) is 0.900. The van der Waals surface area contributed by atoms with Gasteiger partial charge in [0.05, 0.1) is 5.69 Å². The molecule has 7 heteroatoms. The molecule has 120 valence electrons. The van der Waals surface area contributed by atoms with Gasteiger partial charge in [0, 0.05) is 19.6 Å². The summed E-state index contributed by atoms with van der Waals surface area (Å²) in [6.07, 6.45) is 4.06. The lowest BCUT2D eigenvalue weighted by molar-refractivity contribution is 0.292. The van der Waals surface area contributed by atoms with Crippen LogP contribution in [-0.4, -0.2) is 35.1 Å². The van der Waals surface area contributed by atoms with Gasteiger partial charge in [0.15, 0.2) is 5.82 Å². The summed E-state index contributed by atoms with van der Waals surface area (Å²) in [6.45, 7) is 6.35. The van der Waals surface area contributed by atoms with Crippen molar-refractivity contribution in [3.05, 3.63) is 5.69 Å². The highest BCUT2D eigenvalue weighted by Crippen LogP contribution is 2.32. The molecule has 6 nitrogen and oxygen atoms in total. The molecule has 0 aliphatic heterocycles. The number of sulfonamides is 1. The summed E-state index contributed by atoms with van der Waals surface area (Å²) in [6, 6.07) is 0.0939. The van der Waals surface area contributed by atoms with Crippen LogP contribution in [0.5, 0.6) is 0 Å². The number of rotatable bonds is 5. The highest BCUT2D eigenvalue weighted by Gasteiger charge is 2.37. The van der Waals surface area contributed by atoms with Gasteiger partial charge < -0.3 is 5.73 Å². The van der Waals surface area contributed by atoms with Gasteiger partial charge in [-0.3, -0.25) is 4.68 Å². The van der Waals surface area contributed by atoms with E-state index in [1.54, 1.807) is 18.3 Å². The third kappa shape index (κ3) is 3.08. The average Bonchev–Trinajstić information content (AvgIpc) is 2.95. The van der Waals surface area contributed by atoms with Crippen LogP contribution >= 0.6 is 0 Å². The zero-order valence-electron chi connectivity index (χ0n) is 13.3. The molecule has 0 unspecified atom stereocenters. The molecular weight excluding hydrogens is 288 g/mol. The lowest BCUT2D eigenvalue weighted by atomic mass is 10.2. The number of nitrogens with zero attached hydrogens (tertiary/aromatic N) is 3. The largest absolute Gasteiger partial charge is 0.381 e. The van der Waals surface area contributed by atoms with Crippen molar-refractivity contribution in [1.29, 1.82) is 0 Å². The number of nitrogen functional groups attached to an aromatic ring is 1. The summed E-state index contributed by atoms with van der Waals surface area (Å²) >= 11 is 0. The maximum atomic E-state index is 13.1. The Kier molecular flexibility index (Phi) is 4.63. The minimum absolute atomic E-state index is 0.0939. The number of anilines is 1. The Balaban J connectivity index is 2.46. The summed E-state index contributed by atoms with van der Waals surface area (Å²) in [5.74, 6) is 0.375. The van der Waals surface area contributed by atoms with E-state index < -0.39 is 10.0 Å². The van der Waals surface area contributed by atoms with Crippen molar-refractivity contribution >= 4 is 15.8 Å². The molecule has 1 fully saturated rings. The standard InChI is InChI=1S/C14H26N4O2S/c1-10(2)9-18(12-7-5-6-8-12)21(19,20)13-11(3)17(4)16-14(13)15/h10,12H,5-9H2,1-4H3,(H2,15,16). The fourth-order valence-corrected chi connectivity index (χ4v) is 5.19. The minimum atomic E-state index is -3.60. The van der Waals surface area contributed by atoms with Crippen molar-refractivity contribution in [1.82, 2.24) is 14.1 Å². The van der Waals surface area contributed by atoms with Crippen LogP contribution in [0.25, 0.3) is 0 Å². The topological polar surface area (TPSA) is 81.2 Å². The van der Waals surface area contributed by atoms with Crippen LogP contribution < -0.4 is 5.73 Å². The van der Waals surface area contributed by atoms with E-state index in [4.69, 9.17) is 5.73 Å². The monoisotopic (exact) mass is 314 g/mol. The second kappa shape index (κ2) is 5.96. The van der Waals surface area contributed by atoms with Gasteiger partial charge in [-0.25, -0.2) is 8.42 Å². The zero-order chi connectivity index (χ0) is 15.8. The van der Waals surface area contributed by atoms with Crippen LogP contribution in [0.4, 0.5) is 5.82 Å². The molecule has 1 aromatic rings. The van der Waals surface area contributed by atoms with Crippen LogP contribution in [0.15, 0.2) is 4.90 Å². The zero-order valence-corrected chi connectivity index (χ0v) is 14.2. The Morgan fingerprint density at radius 1 is 1.38 bits per heavy atom. The van der Waals surface area contributed by atoms with Crippen molar-refractivity contribution in [2.45, 2.75) is 57.4 Å². The van der Waals surface area contributed by atoms with Crippen molar-refractivity contribution in [2.75, 3.05) is 12.3 Å². The molecule has 0 aromatic carbocycles. The summed E-state index contributed by atoms with van der Waals surface area (Å²) in [7, 11) is -1.88. The van der Waals surface area contributed by atoms with Crippen LogP contribution in [0.1, 0.15) is 45.2 Å². The van der Waals surface area contributed by atoms with Gasteiger partial charge in [0.25, 0.3) is 0 Å². The van der Waals surface area contributed by atoms with E-state index in [1.165, 1.54) is 4.68 Å². The van der Waals surface area contributed by atoms with Gasteiger partial charge in [-0.15, -0.1) is 0 Å². The predicted molar refractivity (Wildman–Crippen MR) is 83.3 cm³/mol. The smallest absolute Gasteiger partial charge is 0.248 e. The fourth-order valence-electron chi connectivity index (χ4n) is 3.05. The normalized spacial score (nSPS) is 17.2. The maximum absolute atomic E-state index is 13.1. The molecule has 1 aromatic heterocycles. The van der Waals surface area contributed by atoms with Gasteiger partial charge >= 0.3 is 0 Å². The summed E-state index contributed by atoms with van der Waals surface area (Å²) < 4.78 is 29.4. The minimum Gasteiger partial charge on any atom is -0.381 e. The van der Waals surface area contributed by atoms with E-state index in [2.05, 4.69) is 5.10 Å². The van der Waals surface area contributed by atoms with Crippen LogP contribution in [0.3, 0.4) is 0 Å².